The van der Waals surface area contributed by atoms with Crippen LogP contribution in [0.4, 0.5) is 8.78 Å². The Bertz CT molecular complexity index is 651. The van der Waals surface area contributed by atoms with Crippen molar-refractivity contribution in [1.29, 1.82) is 0 Å². The van der Waals surface area contributed by atoms with Crippen LogP contribution in [0.25, 0.3) is 0 Å². The number of rotatable bonds is 6. The first-order valence-electron chi connectivity index (χ1n) is 7.52. The highest BCUT2D eigenvalue weighted by Crippen LogP contribution is 2.19. The van der Waals surface area contributed by atoms with Crippen LogP contribution in [-0.2, 0) is 14.6 Å². The van der Waals surface area contributed by atoms with Crippen molar-refractivity contribution in [3.8, 4) is 5.75 Å². The third-order valence-corrected chi connectivity index (χ3v) is 5.40. The molecular formula is C15H20F2N2O4S. The first-order valence-corrected chi connectivity index (χ1v) is 9.34. The molecule has 1 atom stereocenters. The van der Waals surface area contributed by atoms with Gasteiger partial charge in [0.05, 0.1) is 24.1 Å². The van der Waals surface area contributed by atoms with Crippen molar-refractivity contribution >= 4 is 15.7 Å². The fourth-order valence-corrected chi connectivity index (χ4v) is 3.70. The average Bonchev–Trinajstić information content (AvgIpc) is 2.49. The Morgan fingerprint density at radius 1 is 1.25 bits per heavy atom. The molecule has 1 amide bonds. The summed E-state index contributed by atoms with van der Waals surface area (Å²) in [5, 5.41) is 2.81. The zero-order valence-corrected chi connectivity index (χ0v) is 14.1. The van der Waals surface area contributed by atoms with E-state index < -0.39 is 16.4 Å². The van der Waals surface area contributed by atoms with Gasteiger partial charge in [-0.15, -0.1) is 0 Å². The van der Waals surface area contributed by atoms with E-state index in [1.54, 1.807) is 24.0 Å². The number of halogens is 2. The standard InChI is InChI=1S/C15H20F2N2O4S/c1-11(12-2-4-13(5-3-12)23-15(16)17)18-14(20)10-19-6-8-24(21,22)9-7-19/h2-5,11,15H,6-10H2,1H3,(H,18,20). The van der Waals surface area contributed by atoms with E-state index in [1.165, 1.54) is 12.1 Å². The van der Waals surface area contributed by atoms with Gasteiger partial charge in [0.15, 0.2) is 9.84 Å². The van der Waals surface area contributed by atoms with Crippen LogP contribution in [-0.4, -0.2) is 57.0 Å². The second-order valence-corrected chi connectivity index (χ2v) is 7.97. The maximum absolute atomic E-state index is 12.1. The molecule has 1 aromatic rings. The Labute approximate surface area is 139 Å². The number of carbonyl (C=O) groups is 1. The molecule has 6 nitrogen and oxygen atoms in total. The summed E-state index contributed by atoms with van der Waals surface area (Å²) >= 11 is 0. The Kier molecular flexibility index (Phi) is 6.11. The number of alkyl halides is 2. The van der Waals surface area contributed by atoms with Crippen molar-refractivity contribution in [2.75, 3.05) is 31.1 Å². The SMILES string of the molecule is CC(NC(=O)CN1CCS(=O)(=O)CC1)c1ccc(OC(F)F)cc1. The van der Waals surface area contributed by atoms with E-state index in [0.717, 1.165) is 5.56 Å². The third-order valence-electron chi connectivity index (χ3n) is 3.79. The Morgan fingerprint density at radius 2 is 1.83 bits per heavy atom. The van der Waals surface area contributed by atoms with Gasteiger partial charge in [-0.3, -0.25) is 9.69 Å². The third kappa shape index (κ3) is 5.72. The van der Waals surface area contributed by atoms with Crippen molar-refractivity contribution in [2.45, 2.75) is 19.6 Å². The van der Waals surface area contributed by atoms with Crippen LogP contribution in [0.1, 0.15) is 18.5 Å². The normalized spacial score (nSPS) is 19.0. The van der Waals surface area contributed by atoms with Gasteiger partial charge in [-0.2, -0.15) is 8.78 Å². The Morgan fingerprint density at radius 3 is 2.38 bits per heavy atom. The molecule has 1 heterocycles. The summed E-state index contributed by atoms with van der Waals surface area (Å²) in [4.78, 5) is 13.8. The summed E-state index contributed by atoms with van der Waals surface area (Å²) in [6.07, 6.45) is 0. The predicted octanol–water partition coefficient (Wildman–Crippen LogP) is 1.20. The molecule has 1 unspecified atom stereocenters. The molecule has 0 bridgehead atoms. The van der Waals surface area contributed by atoms with Crippen LogP contribution in [0.15, 0.2) is 24.3 Å². The van der Waals surface area contributed by atoms with Crippen molar-refractivity contribution in [2.24, 2.45) is 0 Å². The summed E-state index contributed by atoms with van der Waals surface area (Å²) in [5.74, 6) is -0.0143. The Hall–Kier alpha value is -1.74. The minimum Gasteiger partial charge on any atom is -0.435 e. The molecule has 0 saturated carbocycles. The highest BCUT2D eigenvalue weighted by atomic mass is 32.2. The van der Waals surface area contributed by atoms with Gasteiger partial charge in [0.25, 0.3) is 0 Å². The lowest BCUT2D eigenvalue weighted by molar-refractivity contribution is -0.122. The van der Waals surface area contributed by atoms with E-state index >= 15 is 0 Å². The van der Waals surface area contributed by atoms with E-state index in [-0.39, 0.29) is 35.7 Å². The summed E-state index contributed by atoms with van der Waals surface area (Å²) in [6, 6.07) is 5.75. The van der Waals surface area contributed by atoms with Gasteiger partial charge in [-0.05, 0) is 24.6 Å². The molecule has 24 heavy (non-hydrogen) atoms. The lowest BCUT2D eigenvalue weighted by Gasteiger charge is -2.26. The monoisotopic (exact) mass is 362 g/mol. The summed E-state index contributed by atoms with van der Waals surface area (Å²) in [7, 11) is -2.97. The second-order valence-electron chi connectivity index (χ2n) is 5.66. The maximum atomic E-state index is 12.1. The number of nitrogens with one attached hydrogen (secondary N) is 1. The van der Waals surface area contributed by atoms with Crippen molar-refractivity contribution in [1.82, 2.24) is 10.2 Å². The van der Waals surface area contributed by atoms with Crippen LogP contribution < -0.4 is 10.1 Å². The van der Waals surface area contributed by atoms with Gasteiger partial charge in [0.1, 0.15) is 5.75 Å². The van der Waals surface area contributed by atoms with Crippen LogP contribution >= 0.6 is 0 Å². The fourth-order valence-electron chi connectivity index (χ4n) is 2.42. The number of benzene rings is 1. The van der Waals surface area contributed by atoms with Gasteiger partial charge in [-0.1, -0.05) is 12.1 Å². The molecule has 1 aromatic carbocycles. The molecule has 0 aliphatic carbocycles. The zero-order chi connectivity index (χ0) is 17.7. The fraction of sp³-hybridized carbons (Fsp3) is 0.533. The van der Waals surface area contributed by atoms with Crippen LogP contribution in [0.3, 0.4) is 0 Å². The number of ether oxygens (including phenoxy) is 1. The molecule has 2 rings (SSSR count). The number of nitrogens with zero attached hydrogens (tertiary/aromatic N) is 1. The molecule has 1 aliphatic heterocycles. The molecule has 1 N–H and O–H groups in total. The van der Waals surface area contributed by atoms with Gasteiger partial charge in [-0.25, -0.2) is 8.42 Å². The summed E-state index contributed by atoms with van der Waals surface area (Å²) < 4.78 is 51.2. The molecule has 0 spiro atoms. The topological polar surface area (TPSA) is 75.7 Å². The van der Waals surface area contributed by atoms with Gasteiger partial charge in [0, 0.05) is 13.1 Å². The molecule has 1 saturated heterocycles. The quantitative estimate of drug-likeness (QED) is 0.823. The molecule has 1 fully saturated rings. The molecule has 0 radical (unpaired) electrons. The highest BCUT2D eigenvalue weighted by molar-refractivity contribution is 7.91. The second kappa shape index (κ2) is 7.89. The minimum atomic E-state index is -2.97. The van der Waals surface area contributed by atoms with Gasteiger partial charge >= 0.3 is 6.61 Å². The largest absolute Gasteiger partial charge is 0.435 e. The van der Waals surface area contributed by atoms with Crippen molar-refractivity contribution in [3.05, 3.63) is 29.8 Å². The Balaban J connectivity index is 1.83. The number of sulfone groups is 1. The molecular weight excluding hydrogens is 342 g/mol. The summed E-state index contributed by atoms with van der Waals surface area (Å²) in [6.45, 7) is -0.261. The smallest absolute Gasteiger partial charge is 0.387 e. The van der Waals surface area contributed by atoms with E-state index in [0.29, 0.717) is 13.1 Å². The van der Waals surface area contributed by atoms with Crippen LogP contribution in [0.2, 0.25) is 0 Å². The minimum absolute atomic E-state index is 0.0572. The first kappa shape index (κ1) is 18.6. The first-order chi connectivity index (χ1) is 11.2. The van der Waals surface area contributed by atoms with Crippen LogP contribution in [0, 0.1) is 0 Å². The van der Waals surface area contributed by atoms with E-state index in [4.69, 9.17) is 0 Å². The number of hydrogen-bond acceptors (Lipinski definition) is 5. The summed E-state index contributed by atoms with van der Waals surface area (Å²) in [5.41, 5.74) is 0.756. The molecule has 0 aromatic heterocycles. The highest BCUT2D eigenvalue weighted by Gasteiger charge is 2.23. The van der Waals surface area contributed by atoms with Gasteiger partial charge < -0.3 is 10.1 Å². The van der Waals surface area contributed by atoms with E-state index in [9.17, 15) is 22.0 Å². The number of carbonyl (C=O) groups excluding carboxylic acids is 1. The molecule has 9 heteroatoms. The average molecular weight is 362 g/mol. The number of amides is 1. The maximum Gasteiger partial charge on any atom is 0.387 e. The number of hydrogen-bond donors (Lipinski definition) is 1. The predicted molar refractivity (Wildman–Crippen MR) is 84.7 cm³/mol. The van der Waals surface area contributed by atoms with Gasteiger partial charge in [0.2, 0.25) is 5.91 Å². The van der Waals surface area contributed by atoms with Crippen LogP contribution in [0.5, 0.6) is 5.75 Å². The van der Waals surface area contributed by atoms with E-state index in [1.807, 2.05) is 0 Å². The lowest BCUT2D eigenvalue weighted by Crippen LogP contribution is -2.45. The van der Waals surface area contributed by atoms with Crippen molar-refractivity contribution < 1.29 is 26.7 Å². The zero-order valence-electron chi connectivity index (χ0n) is 13.2. The van der Waals surface area contributed by atoms with Crippen molar-refractivity contribution in [3.63, 3.8) is 0 Å². The van der Waals surface area contributed by atoms with E-state index in [2.05, 4.69) is 10.1 Å². The lowest BCUT2D eigenvalue weighted by atomic mass is 10.1. The molecule has 1 aliphatic rings. The molecule has 134 valence electrons.